The summed E-state index contributed by atoms with van der Waals surface area (Å²) in [6.07, 6.45) is -2.14. The summed E-state index contributed by atoms with van der Waals surface area (Å²) in [5.74, 6) is -0.456. The van der Waals surface area contributed by atoms with Crippen LogP contribution >= 0.6 is 23.2 Å². The first-order chi connectivity index (χ1) is 15.5. The summed E-state index contributed by atoms with van der Waals surface area (Å²) in [6, 6.07) is 3.28. The fourth-order valence-electron chi connectivity index (χ4n) is 2.54. The van der Waals surface area contributed by atoms with Crippen LogP contribution in [0.25, 0.3) is 5.69 Å². The minimum atomic E-state index is -3.94. The first kappa shape index (κ1) is 24.6. The average Bonchev–Trinajstić information content (AvgIpc) is 2.75. The van der Waals surface area contributed by atoms with Crippen LogP contribution in [0.2, 0.25) is 10.0 Å². The monoisotopic (exact) mass is 523 g/mol. The Balaban J connectivity index is 2.06. The largest absolute Gasteiger partial charge is 0.494 e. The van der Waals surface area contributed by atoms with E-state index in [9.17, 15) is 26.8 Å². The summed E-state index contributed by atoms with van der Waals surface area (Å²) in [6.45, 7) is 0. The molecule has 0 aliphatic heterocycles. The molecule has 33 heavy (non-hydrogen) atoms. The van der Waals surface area contributed by atoms with Crippen LogP contribution in [0.3, 0.4) is 0 Å². The van der Waals surface area contributed by atoms with Crippen molar-refractivity contribution < 1.29 is 26.7 Å². The lowest BCUT2D eigenvalue weighted by atomic mass is 10.3. The Morgan fingerprint density at radius 1 is 1.18 bits per heavy atom. The second-order valence-corrected chi connectivity index (χ2v) is 8.75. The fourth-order valence-corrected chi connectivity index (χ4v) is 3.97. The van der Waals surface area contributed by atoms with Crippen molar-refractivity contribution in [2.24, 2.45) is 0 Å². The van der Waals surface area contributed by atoms with Gasteiger partial charge in [-0.1, -0.05) is 23.2 Å². The smallest absolute Gasteiger partial charge is 0.349 e. The molecule has 176 valence electrons. The van der Waals surface area contributed by atoms with Crippen molar-refractivity contribution in [2.75, 3.05) is 14.2 Å². The van der Waals surface area contributed by atoms with Crippen molar-refractivity contribution in [3.63, 3.8) is 0 Å². The number of aromatic nitrogens is 4. The molecule has 11 nitrogen and oxygen atoms in total. The molecule has 0 spiro atoms. The quantitative estimate of drug-likeness (QED) is 0.479. The van der Waals surface area contributed by atoms with Gasteiger partial charge in [0.05, 0.1) is 29.0 Å². The highest BCUT2D eigenvalue weighted by Gasteiger charge is 2.22. The maximum Gasteiger partial charge on any atom is 0.349 e. The van der Waals surface area contributed by atoms with Gasteiger partial charge in [-0.05, 0) is 19.2 Å². The van der Waals surface area contributed by atoms with E-state index in [1.54, 1.807) is 4.98 Å². The second kappa shape index (κ2) is 9.43. The van der Waals surface area contributed by atoms with Crippen molar-refractivity contribution in [2.45, 2.75) is 11.3 Å². The molecule has 2 heterocycles. The highest BCUT2D eigenvalue weighted by Crippen LogP contribution is 2.38. The number of methoxy groups -OCH3 is 1. The number of sulfonamides is 1. The number of pyridine rings is 1. The molecule has 2 aromatic heterocycles. The van der Waals surface area contributed by atoms with Crippen molar-refractivity contribution in [3.8, 4) is 23.1 Å². The molecule has 16 heteroatoms. The van der Waals surface area contributed by atoms with E-state index >= 15 is 0 Å². The second-order valence-electron chi connectivity index (χ2n) is 6.08. The lowest BCUT2D eigenvalue weighted by molar-refractivity contribution is 0.141. The van der Waals surface area contributed by atoms with Gasteiger partial charge >= 0.3 is 5.69 Å². The van der Waals surface area contributed by atoms with Gasteiger partial charge in [0.2, 0.25) is 15.9 Å². The number of H-pyrrole nitrogens is 1. The molecule has 3 aromatic rings. The number of hydrogen-bond acceptors (Lipinski definition) is 8. The number of hydrogen-bond donors (Lipinski definition) is 2. The highest BCUT2D eigenvalue weighted by molar-refractivity contribution is 7.89. The summed E-state index contributed by atoms with van der Waals surface area (Å²) in [5, 5.41) is 2.95. The lowest BCUT2D eigenvalue weighted by Crippen LogP contribution is -2.34. The number of ether oxygens (including phenoxy) is 2. The molecule has 2 N–H and O–H groups in total. The standard InChI is InChI=1S/C17H13Cl2F2N5O6S/c1-22-33(29,30)11-5-12(23-6-10(11)31-2)32-14-8(18)3-7(4-9(14)19)26-17(28)24-16(27)13(25-26)15(20)21/h3-6,15,22H,1-2H3,(H,24,27,28). The van der Waals surface area contributed by atoms with Gasteiger partial charge < -0.3 is 9.47 Å². The molecule has 0 saturated carbocycles. The number of rotatable bonds is 7. The topological polar surface area (TPSA) is 145 Å². The van der Waals surface area contributed by atoms with Crippen LogP contribution in [0.4, 0.5) is 8.78 Å². The SMILES string of the molecule is CNS(=O)(=O)c1cc(Oc2c(Cl)cc(-n3nc(C(F)F)c(=O)[nH]c3=O)cc2Cl)ncc1OC. The first-order valence-electron chi connectivity index (χ1n) is 8.65. The van der Waals surface area contributed by atoms with Gasteiger partial charge in [-0.25, -0.2) is 31.7 Å². The van der Waals surface area contributed by atoms with Crippen LogP contribution < -0.4 is 25.4 Å². The Morgan fingerprint density at radius 3 is 2.36 bits per heavy atom. The van der Waals surface area contributed by atoms with E-state index in [1.165, 1.54) is 14.2 Å². The van der Waals surface area contributed by atoms with Crippen LogP contribution in [0.15, 0.2) is 38.9 Å². The molecule has 0 aliphatic rings. The Bertz CT molecular complexity index is 1420. The Labute approximate surface area is 193 Å². The third kappa shape index (κ3) is 4.98. The zero-order valence-electron chi connectivity index (χ0n) is 16.6. The van der Waals surface area contributed by atoms with Gasteiger partial charge in [0.15, 0.2) is 17.2 Å². The van der Waals surface area contributed by atoms with E-state index < -0.39 is 33.4 Å². The maximum absolute atomic E-state index is 13.0. The number of alkyl halides is 2. The molecule has 0 radical (unpaired) electrons. The number of aromatic amines is 1. The molecule has 3 rings (SSSR count). The molecule has 0 amide bonds. The van der Waals surface area contributed by atoms with Gasteiger partial charge in [0, 0.05) is 6.07 Å². The van der Waals surface area contributed by atoms with Crippen LogP contribution in [-0.4, -0.2) is 42.3 Å². The zero-order chi connectivity index (χ0) is 24.5. The minimum absolute atomic E-state index is 0.0532. The van der Waals surface area contributed by atoms with Gasteiger partial charge in [0.25, 0.3) is 12.0 Å². The van der Waals surface area contributed by atoms with Gasteiger partial charge in [-0.3, -0.25) is 9.78 Å². The van der Waals surface area contributed by atoms with Crippen LogP contribution in [-0.2, 0) is 10.0 Å². The molecule has 0 fully saturated rings. The van der Waals surface area contributed by atoms with Crippen molar-refractivity contribution in [3.05, 3.63) is 61.0 Å². The molecular formula is C17H13Cl2F2N5O6S. The van der Waals surface area contributed by atoms with E-state index in [1.807, 2.05) is 0 Å². The molecule has 0 saturated heterocycles. The summed E-state index contributed by atoms with van der Waals surface area (Å²) in [7, 11) is -1.48. The van der Waals surface area contributed by atoms with Crippen LogP contribution in [0.5, 0.6) is 17.4 Å². The third-order valence-corrected chi connectivity index (χ3v) is 6.08. The lowest BCUT2D eigenvalue weighted by Gasteiger charge is -2.13. The highest BCUT2D eigenvalue weighted by atomic mass is 35.5. The third-order valence-electron chi connectivity index (χ3n) is 4.08. The van der Waals surface area contributed by atoms with E-state index in [-0.39, 0.29) is 38.0 Å². The minimum Gasteiger partial charge on any atom is -0.494 e. The zero-order valence-corrected chi connectivity index (χ0v) is 18.9. The molecular weight excluding hydrogens is 511 g/mol. The molecule has 0 bridgehead atoms. The van der Waals surface area contributed by atoms with Crippen molar-refractivity contribution in [1.82, 2.24) is 24.5 Å². The Hall–Kier alpha value is -3.07. The predicted octanol–water partition coefficient (Wildman–Crippen LogP) is 2.27. The predicted molar refractivity (Wildman–Crippen MR) is 113 cm³/mol. The maximum atomic E-state index is 13.0. The Kier molecular flexibility index (Phi) is 7.02. The fraction of sp³-hybridized carbons (Fsp3) is 0.176. The summed E-state index contributed by atoms with van der Waals surface area (Å²) >= 11 is 12.4. The van der Waals surface area contributed by atoms with Crippen molar-refractivity contribution >= 4 is 33.2 Å². The summed E-state index contributed by atoms with van der Waals surface area (Å²) in [4.78, 5) is 28.9. The van der Waals surface area contributed by atoms with Crippen molar-refractivity contribution in [1.29, 1.82) is 0 Å². The number of benzene rings is 1. The van der Waals surface area contributed by atoms with Crippen LogP contribution in [0, 0.1) is 0 Å². The normalized spacial score (nSPS) is 11.6. The average molecular weight is 524 g/mol. The van der Waals surface area contributed by atoms with Crippen LogP contribution in [0.1, 0.15) is 12.1 Å². The molecule has 0 atom stereocenters. The van der Waals surface area contributed by atoms with Gasteiger partial charge in [0.1, 0.15) is 4.90 Å². The molecule has 0 aliphatic carbocycles. The van der Waals surface area contributed by atoms with E-state index in [0.29, 0.717) is 4.68 Å². The van der Waals surface area contributed by atoms with E-state index in [0.717, 1.165) is 24.4 Å². The molecule has 1 aromatic carbocycles. The number of nitrogens with one attached hydrogen (secondary N) is 2. The number of halogens is 4. The molecule has 0 unspecified atom stereocenters. The number of nitrogens with zero attached hydrogens (tertiary/aromatic N) is 3. The van der Waals surface area contributed by atoms with Gasteiger partial charge in [-0.15, -0.1) is 0 Å². The first-order valence-corrected chi connectivity index (χ1v) is 10.9. The Morgan fingerprint density at radius 2 is 1.82 bits per heavy atom. The van der Waals surface area contributed by atoms with E-state index in [4.69, 9.17) is 32.7 Å². The van der Waals surface area contributed by atoms with Gasteiger partial charge in [-0.2, -0.15) is 9.78 Å². The summed E-state index contributed by atoms with van der Waals surface area (Å²) < 4.78 is 63.5. The summed E-state index contributed by atoms with van der Waals surface area (Å²) in [5.41, 5.74) is -3.77. The van der Waals surface area contributed by atoms with E-state index in [2.05, 4.69) is 14.8 Å².